The lowest BCUT2D eigenvalue weighted by molar-refractivity contribution is -0.151. The number of rotatable bonds is 7. The third-order valence-electron chi connectivity index (χ3n) is 6.79. The molecule has 1 aliphatic rings. The van der Waals surface area contributed by atoms with Gasteiger partial charge in [-0.3, -0.25) is 14.4 Å². The Hall–Kier alpha value is -4.13. The number of anilines is 2. The van der Waals surface area contributed by atoms with Crippen LogP contribution in [0, 0.1) is 19.8 Å². The summed E-state index contributed by atoms with van der Waals surface area (Å²) in [6.45, 7) is 10.2. The van der Waals surface area contributed by atoms with Gasteiger partial charge in [-0.1, -0.05) is 45.0 Å². The van der Waals surface area contributed by atoms with Crippen molar-refractivity contribution < 1.29 is 23.9 Å². The van der Waals surface area contributed by atoms with E-state index in [4.69, 9.17) is 9.47 Å². The molecule has 198 valence electrons. The van der Waals surface area contributed by atoms with Gasteiger partial charge in [-0.15, -0.1) is 0 Å². The van der Waals surface area contributed by atoms with Crippen LogP contribution in [-0.2, 0) is 24.5 Å². The molecule has 0 aliphatic carbocycles. The standard InChI is InChI=1S/C31H34N2O5/c1-20-7-6-8-27(21(20)2)32-28(34)19-37-30(36)22-17-29(35)33(18-22)24-11-15-26(16-12-24)38-25-13-9-23(10-14-25)31(3,4)5/h6-16,22H,17-19H2,1-5H3,(H,32,34)/t22-/m1/s1. The fraction of sp³-hybridized carbons (Fsp3) is 0.323. The molecule has 4 rings (SSSR count). The van der Waals surface area contributed by atoms with Gasteiger partial charge in [0.2, 0.25) is 5.91 Å². The van der Waals surface area contributed by atoms with Crippen molar-refractivity contribution in [3.63, 3.8) is 0 Å². The molecule has 0 unspecified atom stereocenters. The van der Waals surface area contributed by atoms with Crippen LogP contribution in [0.4, 0.5) is 11.4 Å². The van der Waals surface area contributed by atoms with E-state index in [-0.39, 0.29) is 24.3 Å². The summed E-state index contributed by atoms with van der Waals surface area (Å²) in [6, 6.07) is 20.8. The van der Waals surface area contributed by atoms with Crippen molar-refractivity contribution in [2.75, 3.05) is 23.4 Å². The summed E-state index contributed by atoms with van der Waals surface area (Å²) in [5, 5.41) is 2.77. The Bertz CT molecular complexity index is 1320. The van der Waals surface area contributed by atoms with Crippen molar-refractivity contribution in [3.8, 4) is 11.5 Å². The minimum atomic E-state index is -0.631. The van der Waals surface area contributed by atoms with E-state index >= 15 is 0 Å². The SMILES string of the molecule is Cc1cccc(NC(=O)COC(=O)[C@@H]2CC(=O)N(c3ccc(Oc4ccc(C(C)(C)C)cc4)cc3)C2)c1C. The van der Waals surface area contributed by atoms with Crippen LogP contribution in [0.3, 0.4) is 0 Å². The van der Waals surface area contributed by atoms with Crippen molar-refractivity contribution in [1.29, 1.82) is 0 Å². The summed E-state index contributed by atoms with van der Waals surface area (Å²) in [7, 11) is 0. The Morgan fingerprint density at radius 3 is 2.21 bits per heavy atom. The second kappa shape index (κ2) is 11.1. The van der Waals surface area contributed by atoms with Gasteiger partial charge in [-0.2, -0.15) is 0 Å². The number of nitrogens with one attached hydrogen (secondary N) is 1. The molecule has 2 amide bonds. The van der Waals surface area contributed by atoms with Crippen LogP contribution in [0.1, 0.15) is 43.9 Å². The average Bonchev–Trinajstić information content (AvgIpc) is 3.27. The van der Waals surface area contributed by atoms with Gasteiger partial charge < -0.3 is 19.7 Å². The highest BCUT2D eigenvalue weighted by atomic mass is 16.5. The van der Waals surface area contributed by atoms with Crippen molar-refractivity contribution in [2.24, 2.45) is 5.92 Å². The minimum absolute atomic E-state index is 0.0375. The highest BCUT2D eigenvalue weighted by Gasteiger charge is 2.36. The molecule has 7 nitrogen and oxygen atoms in total. The van der Waals surface area contributed by atoms with Crippen LogP contribution in [0.2, 0.25) is 0 Å². The number of hydrogen-bond acceptors (Lipinski definition) is 5. The van der Waals surface area contributed by atoms with Crippen LogP contribution in [0.25, 0.3) is 0 Å². The van der Waals surface area contributed by atoms with E-state index in [1.807, 2.05) is 38.1 Å². The molecular weight excluding hydrogens is 480 g/mol. The Labute approximate surface area is 223 Å². The van der Waals surface area contributed by atoms with Crippen LogP contribution in [-0.4, -0.2) is 30.9 Å². The predicted octanol–water partition coefficient (Wildman–Crippen LogP) is 5.93. The molecule has 0 radical (unpaired) electrons. The van der Waals surface area contributed by atoms with E-state index in [2.05, 4.69) is 38.2 Å². The molecule has 0 saturated carbocycles. The lowest BCUT2D eigenvalue weighted by Gasteiger charge is -2.19. The molecule has 3 aromatic rings. The maximum Gasteiger partial charge on any atom is 0.311 e. The molecule has 7 heteroatoms. The summed E-state index contributed by atoms with van der Waals surface area (Å²) >= 11 is 0. The molecular formula is C31H34N2O5. The van der Waals surface area contributed by atoms with Crippen molar-refractivity contribution in [1.82, 2.24) is 0 Å². The normalized spacial score (nSPS) is 15.3. The Morgan fingerprint density at radius 2 is 1.58 bits per heavy atom. The molecule has 1 heterocycles. The van der Waals surface area contributed by atoms with Crippen LogP contribution >= 0.6 is 0 Å². The van der Waals surface area contributed by atoms with Gasteiger partial charge in [0.1, 0.15) is 11.5 Å². The number of benzene rings is 3. The Kier molecular flexibility index (Phi) is 7.86. The quantitative estimate of drug-likeness (QED) is 0.395. The zero-order valence-corrected chi connectivity index (χ0v) is 22.5. The first-order valence-corrected chi connectivity index (χ1v) is 12.7. The molecule has 0 spiro atoms. The van der Waals surface area contributed by atoms with Crippen LogP contribution in [0.15, 0.2) is 66.7 Å². The first-order valence-electron chi connectivity index (χ1n) is 12.7. The van der Waals surface area contributed by atoms with Crippen molar-refractivity contribution in [2.45, 2.75) is 46.5 Å². The molecule has 38 heavy (non-hydrogen) atoms. The van der Waals surface area contributed by atoms with Gasteiger partial charge in [0, 0.05) is 24.3 Å². The maximum atomic E-state index is 12.6. The summed E-state index contributed by atoms with van der Waals surface area (Å²) < 4.78 is 11.2. The zero-order valence-electron chi connectivity index (χ0n) is 22.5. The lowest BCUT2D eigenvalue weighted by Crippen LogP contribution is -2.28. The molecule has 1 atom stereocenters. The monoisotopic (exact) mass is 514 g/mol. The third kappa shape index (κ3) is 6.40. The number of amides is 2. The van der Waals surface area contributed by atoms with Crippen LogP contribution in [0.5, 0.6) is 11.5 Å². The number of carbonyl (C=O) groups is 3. The van der Waals surface area contributed by atoms with Crippen molar-refractivity contribution >= 4 is 29.2 Å². The van der Waals surface area contributed by atoms with E-state index in [1.165, 1.54) is 5.56 Å². The van der Waals surface area contributed by atoms with Gasteiger partial charge in [0.25, 0.3) is 5.91 Å². The van der Waals surface area contributed by atoms with E-state index in [1.54, 1.807) is 35.2 Å². The molecule has 0 aromatic heterocycles. The second-order valence-corrected chi connectivity index (χ2v) is 10.7. The summed E-state index contributed by atoms with van der Waals surface area (Å²) in [6.07, 6.45) is 0.0375. The van der Waals surface area contributed by atoms with Gasteiger partial charge in [0.05, 0.1) is 5.92 Å². The van der Waals surface area contributed by atoms with Gasteiger partial charge in [0.15, 0.2) is 6.61 Å². The van der Waals surface area contributed by atoms with E-state index in [0.29, 0.717) is 17.1 Å². The van der Waals surface area contributed by atoms with Crippen molar-refractivity contribution in [3.05, 3.63) is 83.4 Å². The lowest BCUT2D eigenvalue weighted by atomic mass is 9.87. The number of ether oxygens (including phenoxy) is 2. The summed E-state index contributed by atoms with van der Waals surface area (Å²) in [5.74, 6) is -0.402. The molecule has 3 aromatic carbocycles. The number of esters is 1. The highest BCUT2D eigenvalue weighted by Crippen LogP contribution is 2.30. The molecule has 1 N–H and O–H groups in total. The smallest absolute Gasteiger partial charge is 0.311 e. The molecule has 1 fully saturated rings. The number of nitrogens with zero attached hydrogens (tertiary/aromatic N) is 1. The van der Waals surface area contributed by atoms with E-state index in [0.717, 1.165) is 16.9 Å². The van der Waals surface area contributed by atoms with Gasteiger partial charge >= 0.3 is 5.97 Å². The predicted molar refractivity (Wildman–Crippen MR) is 148 cm³/mol. The molecule has 1 aliphatic heterocycles. The first kappa shape index (κ1) is 26.9. The Balaban J connectivity index is 1.30. The fourth-order valence-corrected chi connectivity index (χ4v) is 4.30. The van der Waals surface area contributed by atoms with Crippen LogP contribution < -0.4 is 15.0 Å². The van der Waals surface area contributed by atoms with Gasteiger partial charge in [-0.05, 0) is 78.4 Å². The Morgan fingerprint density at radius 1 is 0.947 bits per heavy atom. The van der Waals surface area contributed by atoms with E-state index in [9.17, 15) is 14.4 Å². The molecule has 0 bridgehead atoms. The highest BCUT2D eigenvalue weighted by molar-refractivity contribution is 6.00. The number of carbonyl (C=O) groups excluding carboxylic acids is 3. The first-order chi connectivity index (χ1) is 18.0. The van der Waals surface area contributed by atoms with E-state index < -0.39 is 24.4 Å². The second-order valence-electron chi connectivity index (χ2n) is 10.7. The van der Waals surface area contributed by atoms with Gasteiger partial charge in [-0.25, -0.2) is 0 Å². The number of hydrogen-bond donors (Lipinski definition) is 1. The molecule has 1 saturated heterocycles. The zero-order chi connectivity index (χ0) is 27.4. The third-order valence-corrected chi connectivity index (χ3v) is 6.79. The average molecular weight is 515 g/mol. The fourth-order valence-electron chi connectivity index (χ4n) is 4.30. The largest absolute Gasteiger partial charge is 0.457 e. The number of aryl methyl sites for hydroxylation is 1. The summed E-state index contributed by atoms with van der Waals surface area (Å²) in [4.78, 5) is 39.1. The minimum Gasteiger partial charge on any atom is -0.457 e. The summed E-state index contributed by atoms with van der Waals surface area (Å²) in [5.41, 5.74) is 4.66. The topological polar surface area (TPSA) is 84.9 Å². The maximum absolute atomic E-state index is 12.6.